The lowest BCUT2D eigenvalue weighted by Gasteiger charge is -2.23. The highest BCUT2D eigenvalue weighted by Gasteiger charge is 2.24. The van der Waals surface area contributed by atoms with E-state index < -0.39 is 5.72 Å². The molecule has 1 aliphatic carbocycles. The molecule has 1 unspecified atom stereocenters. The second kappa shape index (κ2) is 10.2. The predicted octanol–water partition coefficient (Wildman–Crippen LogP) is 3.51. The first-order chi connectivity index (χ1) is 12.9. The van der Waals surface area contributed by atoms with Gasteiger partial charge in [0.1, 0.15) is 5.72 Å². The van der Waals surface area contributed by atoms with E-state index in [1.807, 2.05) is 30.3 Å². The molecule has 1 aliphatic rings. The summed E-state index contributed by atoms with van der Waals surface area (Å²) in [5, 5.41) is 12.2. The van der Waals surface area contributed by atoms with Crippen molar-refractivity contribution >= 4 is 5.91 Å². The van der Waals surface area contributed by atoms with E-state index in [9.17, 15) is 9.90 Å². The number of methoxy groups -OCH3 is 1. The molecule has 0 heterocycles. The van der Waals surface area contributed by atoms with E-state index in [-0.39, 0.29) is 11.8 Å². The Morgan fingerprint density at radius 3 is 2.15 bits per heavy atom. The van der Waals surface area contributed by atoms with Gasteiger partial charge in [0, 0.05) is 7.11 Å². The first-order valence-electron chi connectivity index (χ1n) is 9.53. The lowest BCUT2D eigenvalue weighted by Crippen LogP contribution is -2.47. The topological polar surface area (TPSA) is 58.6 Å². The van der Waals surface area contributed by atoms with Crippen molar-refractivity contribution in [3.05, 3.63) is 71.3 Å². The van der Waals surface area contributed by atoms with E-state index in [1.165, 1.54) is 33.1 Å². The standard InChI is InChI=1S/C14H21NO3.C9H10/c1-14(2,17)15-13(16)12(10-18-3)9-11-7-5-4-6-8-11;1-2-5-9-7-3-6-8(9)4-1/h4-8,12,17H,9-10H2,1-3H3,(H,15,16);1-2,4-5H,3,6-7H2. The van der Waals surface area contributed by atoms with Gasteiger partial charge in [-0.05, 0) is 56.2 Å². The van der Waals surface area contributed by atoms with Crippen LogP contribution < -0.4 is 5.32 Å². The number of carbonyl (C=O) groups excluding carboxylic acids is 1. The van der Waals surface area contributed by atoms with E-state index in [0.717, 1.165) is 5.56 Å². The van der Waals surface area contributed by atoms with E-state index in [2.05, 4.69) is 29.6 Å². The number of benzene rings is 2. The molecule has 1 atom stereocenters. The van der Waals surface area contributed by atoms with Crippen LogP contribution in [0, 0.1) is 5.92 Å². The minimum atomic E-state index is -1.21. The Morgan fingerprint density at radius 2 is 1.63 bits per heavy atom. The van der Waals surface area contributed by atoms with Gasteiger partial charge < -0.3 is 15.2 Å². The fourth-order valence-corrected chi connectivity index (χ4v) is 3.25. The van der Waals surface area contributed by atoms with Gasteiger partial charge in [-0.1, -0.05) is 54.6 Å². The molecule has 4 heteroatoms. The van der Waals surface area contributed by atoms with Crippen LogP contribution in [0.15, 0.2) is 54.6 Å². The molecule has 146 valence electrons. The summed E-state index contributed by atoms with van der Waals surface area (Å²) in [7, 11) is 1.56. The zero-order valence-electron chi connectivity index (χ0n) is 16.6. The Labute approximate surface area is 162 Å². The monoisotopic (exact) mass is 369 g/mol. The molecule has 0 saturated heterocycles. The summed E-state index contributed by atoms with van der Waals surface area (Å²) in [5.41, 5.74) is 3.00. The van der Waals surface area contributed by atoms with Gasteiger partial charge in [0.25, 0.3) is 0 Å². The zero-order valence-corrected chi connectivity index (χ0v) is 16.6. The Balaban J connectivity index is 0.000000239. The third-order valence-corrected chi connectivity index (χ3v) is 4.50. The maximum atomic E-state index is 12.0. The third kappa shape index (κ3) is 7.53. The molecule has 0 saturated carbocycles. The number of nitrogens with one attached hydrogen (secondary N) is 1. The minimum absolute atomic E-state index is 0.201. The summed E-state index contributed by atoms with van der Waals surface area (Å²) in [6.07, 6.45) is 4.56. The highest BCUT2D eigenvalue weighted by molar-refractivity contribution is 5.79. The fourth-order valence-electron chi connectivity index (χ4n) is 3.25. The molecule has 0 spiro atoms. The summed E-state index contributed by atoms with van der Waals surface area (Å²) in [4.78, 5) is 12.0. The highest BCUT2D eigenvalue weighted by atomic mass is 16.5. The third-order valence-electron chi connectivity index (χ3n) is 4.50. The SMILES string of the molecule is COCC(Cc1ccccc1)C(=O)NC(C)(C)O.c1ccc2c(c1)CCC2. The first kappa shape index (κ1) is 21.1. The number of rotatable bonds is 6. The van der Waals surface area contributed by atoms with Crippen LogP contribution in [0.2, 0.25) is 0 Å². The van der Waals surface area contributed by atoms with E-state index in [0.29, 0.717) is 13.0 Å². The van der Waals surface area contributed by atoms with Crippen molar-refractivity contribution in [2.75, 3.05) is 13.7 Å². The average molecular weight is 370 g/mol. The average Bonchev–Trinajstić information content (AvgIpc) is 3.10. The number of hydrogen-bond acceptors (Lipinski definition) is 3. The molecule has 0 bridgehead atoms. The van der Waals surface area contributed by atoms with Crippen molar-refractivity contribution in [1.82, 2.24) is 5.32 Å². The van der Waals surface area contributed by atoms with Crippen LogP contribution in [-0.4, -0.2) is 30.5 Å². The van der Waals surface area contributed by atoms with Crippen LogP contribution in [-0.2, 0) is 28.8 Å². The van der Waals surface area contributed by atoms with Crippen molar-refractivity contribution in [2.24, 2.45) is 5.92 Å². The number of aryl methyl sites for hydroxylation is 2. The van der Waals surface area contributed by atoms with Gasteiger partial charge in [-0.3, -0.25) is 4.79 Å². The van der Waals surface area contributed by atoms with Crippen molar-refractivity contribution in [3.63, 3.8) is 0 Å². The predicted molar refractivity (Wildman–Crippen MR) is 108 cm³/mol. The molecule has 2 N–H and O–H groups in total. The van der Waals surface area contributed by atoms with Crippen LogP contribution >= 0.6 is 0 Å². The van der Waals surface area contributed by atoms with Crippen molar-refractivity contribution in [3.8, 4) is 0 Å². The second-order valence-electron chi connectivity index (χ2n) is 7.51. The molecular formula is C23H31NO3. The number of hydrogen-bond donors (Lipinski definition) is 2. The molecule has 27 heavy (non-hydrogen) atoms. The number of ether oxygens (including phenoxy) is 1. The molecule has 1 amide bonds. The van der Waals surface area contributed by atoms with Gasteiger partial charge in [0.05, 0.1) is 12.5 Å². The Morgan fingerprint density at radius 1 is 1.07 bits per heavy atom. The minimum Gasteiger partial charge on any atom is -0.384 e. The molecule has 0 radical (unpaired) electrons. The van der Waals surface area contributed by atoms with E-state index in [4.69, 9.17) is 4.74 Å². The normalized spacial score (nSPS) is 13.9. The number of carbonyl (C=O) groups is 1. The summed E-state index contributed by atoms with van der Waals surface area (Å²) < 4.78 is 5.07. The van der Waals surface area contributed by atoms with Gasteiger partial charge in [-0.25, -0.2) is 0 Å². The molecule has 2 aromatic carbocycles. The van der Waals surface area contributed by atoms with Gasteiger partial charge in [-0.2, -0.15) is 0 Å². The number of amides is 1. The summed E-state index contributed by atoms with van der Waals surface area (Å²) in [6, 6.07) is 18.5. The lowest BCUT2D eigenvalue weighted by atomic mass is 9.99. The first-order valence-corrected chi connectivity index (χ1v) is 9.53. The largest absolute Gasteiger partial charge is 0.384 e. The van der Waals surface area contributed by atoms with E-state index in [1.54, 1.807) is 18.2 Å². The van der Waals surface area contributed by atoms with Crippen LogP contribution in [0.5, 0.6) is 0 Å². The number of fused-ring (bicyclic) bond motifs is 1. The maximum absolute atomic E-state index is 12.0. The van der Waals surface area contributed by atoms with Gasteiger partial charge >= 0.3 is 0 Å². The van der Waals surface area contributed by atoms with E-state index >= 15 is 0 Å². The van der Waals surface area contributed by atoms with Crippen molar-refractivity contribution in [2.45, 2.75) is 45.3 Å². The Kier molecular flexibility index (Phi) is 8.01. The Bertz CT molecular complexity index is 684. The van der Waals surface area contributed by atoms with Crippen LogP contribution in [0.3, 0.4) is 0 Å². The zero-order chi connectivity index (χ0) is 19.7. The highest BCUT2D eigenvalue weighted by Crippen LogP contribution is 2.20. The second-order valence-corrected chi connectivity index (χ2v) is 7.51. The number of aliphatic hydroxyl groups is 1. The molecular weight excluding hydrogens is 338 g/mol. The summed E-state index contributed by atoms with van der Waals surface area (Å²) in [5.74, 6) is -0.503. The van der Waals surface area contributed by atoms with Crippen molar-refractivity contribution in [1.29, 1.82) is 0 Å². The smallest absolute Gasteiger partial charge is 0.227 e. The molecule has 0 fully saturated rings. The molecule has 0 aromatic heterocycles. The molecule has 4 nitrogen and oxygen atoms in total. The van der Waals surface area contributed by atoms with Crippen LogP contribution in [0.1, 0.15) is 37.0 Å². The quantitative estimate of drug-likeness (QED) is 0.766. The molecule has 3 rings (SSSR count). The van der Waals surface area contributed by atoms with Crippen LogP contribution in [0.25, 0.3) is 0 Å². The molecule has 0 aliphatic heterocycles. The lowest BCUT2D eigenvalue weighted by molar-refractivity contribution is -0.132. The van der Waals surface area contributed by atoms with Crippen LogP contribution in [0.4, 0.5) is 0 Å². The van der Waals surface area contributed by atoms with Gasteiger partial charge in [-0.15, -0.1) is 0 Å². The summed E-state index contributed by atoms with van der Waals surface area (Å²) >= 11 is 0. The molecule has 2 aromatic rings. The van der Waals surface area contributed by atoms with Crippen molar-refractivity contribution < 1.29 is 14.6 Å². The Hall–Kier alpha value is -2.17. The van der Waals surface area contributed by atoms with Gasteiger partial charge in [0.2, 0.25) is 5.91 Å². The summed E-state index contributed by atoms with van der Waals surface area (Å²) in [6.45, 7) is 3.41. The fraction of sp³-hybridized carbons (Fsp3) is 0.435. The van der Waals surface area contributed by atoms with Gasteiger partial charge in [0.15, 0.2) is 0 Å². The maximum Gasteiger partial charge on any atom is 0.227 e.